The van der Waals surface area contributed by atoms with Gasteiger partial charge in [0.05, 0.1) is 0 Å². The Kier molecular flexibility index (Phi) is 4.96. The summed E-state index contributed by atoms with van der Waals surface area (Å²) >= 11 is 0. The third-order valence-electron chi connectivity index (χ3n) is 5.50. The molecule has 28 heavy (non-hydrogen) atoms. The number of fused-ring (bicyclic) bond motifs is 3. The maximum Gasteiger partial charge on any atom is 0.144 e. The second-order valence-corrected chi connectivity index (χ2v) is 7.42. The van der Waals surface area contributed by atoms with Crippen LogP contribution in [-0.4, -0.2) is 0 Å². The molecule has 0 bridgehead atoms. The summed E-state index contributed by atoms with van der Waals surface area (Å²) in [5.74, 6) is -1.64. The van der Waals surface area contributed by atoms with Crippen LogP contribution in [0.2, 0.25) is 0 Å². The van der Waals surface area contributed by atoms with Crippen molar-refractivity contribution < 1.29 is 8.78 Å². The van der Waals surface area contributed by atoms with E-state index >= 15 is 0 Å². The van der Waals surface area contributed by atoms with Gasteiger partial charge in [0.1, 0.15) is 23.3 Å². The number of hydrogen-bond donors (Lipinski definition) is 0. The third kappa shape index (κ3) is 3.31. The van der Waals surface area contributed by atoms with Gasteiger partial charge in [-0.3, -0.25) is 0 Å². The Morgan fingerprint density at radius 2 is 1.54 bits per heavy atom. The van der Waals surface area contributed by atoms with Gasteiger partial charge < -0.3 is 0 Å². The highest BCUT2D eigenvalue weighted by Crippen LogP contribution is 2.39. The summed E-state index contributed by atoms with van der Waals surface area (Å²) in [5.41, 5.74) is 6.97. The number of rotatable bonds is 5. The van der Waals surface area contributed by atoms with Crippen LogP contribution < -0.4 is 0 Å². The van der Waals surface area contributed by atoms with E-state index in [9.17, 15) is 8.78 Å². The van der Waals surface area contributed by atoms with Crippen LogP contribution in [-0.2, 0) is 12.8 Å². The summed E-state index contributed by atoms with van der Waals surface area (Å²) in [4.78, 5) is 0. The lowest BCUT2D eigenvalue weighted by Crippen LogP contribution is -1.92. The standard InChI is InChI=1S/C25H21F2N/c1-2-3-4-5-16-6-8-21-19(10-16)12-20-11-17(7-9-22(20)21)18-13-24(26)23(15-28)25(27)14-18/h6-11,13-14H,2-5,12H2,1H3. The predicted molar refractivity (Wildman–Crippen MR) is 108 cm³/mol. The van der Waals surface area contributed by atoms with Gasteiger partial charge in [0.25, 0.3) is 0 Å². The Morgan fingerprint density at radius 1 is 0.857 bits per heavy atom. The van der Waals surface area contributed by atoms with Crippen LogP contribution >= 0.6 is 0 Å². The number of nitriles is 1. The molecule has 0 heterocycles. The first kappa shape index (κ1) is 18.4. The highest BCUT2D eigenvalue weighted by atomic mass is 19.1. The maximum atomic E-state index is 14.0. The van der Waals surface area contributed by atoms with Gasteiger partial charge in [-0.25, -0.2) is 8.78 Å². The number of halogens is 2. The number of benzene rings is 3. The van der Waals surface area contributed by atoms with E-state index in [1.165, 1.54) is 59.2 Å². The zero-order valence-corrected chi connectivity index (χ0v) is 15.9. The number of hydrogen-bond acceptors (Lipinski definition) is 1. The van der Waals surface area contributed by atoms with Crippen LogP contribution in [0.1, 0.15) is 48.4 Å². The van der Waals surface area contributed by atoms with E-state index in [-0.39, 0.29) is 0 Å². The Labute approximate surface area is 164 Å². The van der Waals surface area contributed by atoms with Gasteiger partial charge in [-0.2, -0.15) is 5.26 Å². The normalized spacial score (nSPS) is 11.8. The van der Waals surface area contributed by atoms with E-state index in [1.54, 1.807) is 6.07 Å². The fourth-order valence-corrected chi connectivity index (χ4v) is 4.02. The van der Waals surface area contributed by atoms with Crippen molar-refractivity contribution in [1.29, 1.82) is 5.26 Å². The lowest BCUT2D eigenvalue weighted by Gasteiger charge is -2.07. The molecule has 3 aromatic carbocycles. The quantitative estimate of drug-likeness (QED) is 0.353. The molecule has 0 radical (unpaired) electrons. The van der Waals surface area contributed by atoms with Crippen LogP contribution in [0.4, 0.5) is 8.78 Å². The molecule has 4 rings (SSSR count). The molecule has 0 fully saturated rings. The minimum Gasteiger partial charge on any atom is -0.205 e. The summed E-state index contributed by atoms with van der Waals surface area (Å²) in [6, 6.07) is 16.7. The molecular formula is C25H21F2N. The molecular weight excluding hydrogens is 352 g/mol. The molecule has 0 unspecified atom stereocenters. The Balaban J connectivity index is 1.64. The summed E-state index contributed by atoms with van der Waals surface area (Å²) in [5, 5.41) is 8.85. The molecule has 1 aliphatic rings. The zero-order valence-electron chi connectivity index (χ0n) is 15.9. The average molecular weight is 373 g/mol. The van der Waals surface area contributed by atoms with E-state index in [0.29, 0.717) is 5.56 Å². The molecule has 1 aliphatic carbocycles. The highest BCUT2D eigenvalue weighted by molar-refractivity contribution is 5.80. The molecule has 1 nitrogen and oxygen atoms in total. The lowest BCUT2D eigenvalue weighted by atomic mass is 9.97. The molecule has 0 aliphatic heterocycles. The van der Waals surface area contributed by atoms with Crippen LogP contribution in [0, 0.1) is 23.0 Å². The first-order valence-electron chi connectivity index (χ1n) is 9.75. The molecule has 0 saturated heterocycles. The molecule has 0 N–H and O–H groups in total. The maximum absolute atomic E-state index is 14.0. The topological polar surface area (TPSA) is 23.8 Å². The fraction of sp³-hybridized carbons (Fsp3) is 0.240. The van der Waals surface area contributed by atoms with Gasteiger partial charge in [0.2, 0.25) is 0 Å². The summed E-state index contributed by atoms with van der Waals surface area (Å²) in [7, 11) is 0. The Bertz CT molecular complexity index is 1070. The molecule has 0 spiro atoms. The van der Waals surface area contributed by atoms with Gasteiger partial charge in [-0.05, 0) is 70.3 Å². The molecule has 3 aromatic rings. The molecule has 0 amide bonds. The second kappa shape index (κ2) is 7.56. The number of unbranched alkanes of at least 4 members (excludes halogenated alkanes) is 2. The second-order valence-electron chi connectivity index (χ2n) is 7.42. The third-order valence-corrected chi connectivity index (χ3v) is 5.50. The number of aryl methyl sites for hydroxylation is 1. The molecule has 0 aromatic heterocycles. The van der Waals surface area contributed by atoms with Crippen molar-refractivity contribution >= 4 is 0 Å². The fourth-order valence-electron chi connectivity index (χ4n) is 4.02. The first-order valence-corrected chi connectivity index (χ1v) is 9.75. The van der Waals surface area contributed by atoms with Crippen molar-refractivity contribution in [3.63, 3.8) is 0 Å². The van der Waals surface area contributed by atoms with Crippen molar-refractivity contribution in [1.82, 2.24) is 0 Å². The monoisotopic (exact) mass is 373 g/mol. The highest BCUT2D eigenvalue weighted by Gasteiger charge is 2.20. The van der Waals surface area contributed by atoms with Crippen molar-refractivity contribution in [3.05, 3.63) is 82.4 Å². The van der Waals surface area contributed by atoms with Crippen molar-refractivity contribution in [2.45, 2.75) is 39.0 Å². The van der Waals surface area contributed by atoms with Gasteiger partial charge in [0, 0.05) is 0 Å². The van der Waals surface area contributed by atoms with Crippen molar-refractivity contribution in [2.24, 2.45) is 0 Å². The lowest BCUT2D eigenvalue weighted by molar-refractivity contribution is 0.577. The van der Waals surface area contributed by atoms with Crippen molar-refractivity contribution in [2.75, 3.05) is 0 Å². The van der Waals surface area contributed by atoms with Crippen molar-refractivity contribution in [3.8, 4) is 28.3 Å². The summed E-state index contributed by atoms with van der Waals surface area (Å²) < 4.78 is 28.0. The molecule has 140 valence electrons. The van der Waals surface area contributed by atoms with Gasteiger partial charge >= 0.3 is 0 Å². The van der Waals surface area contributed by atoms with E-state index in [0.717, 1.165) is 18.4 Å². The van der Waals surface area contributed by atoms with Gasteiger partial charge in [-0.1, -0.05) is 56.2 Å². The number of nitrogens with zero attached hydrogens (tertiary/aromatic N) is 1. The van der Waals surface area contributed by atoms with E-state index in [1.807, 2.05) is 18.2 Å². The molecule has 3 heteroatoms. The van der Waals surface area contributed by atoms with E-state index in [2.05, 4.69) is 25.1 Å². The van der Waals surface area contributed by atoms with E-state index in [4.69, 9.17) is 5.26 Å². The van der Waals surface area contributed by atoms with Crippen LogP contribution in [0.5, 0.6) is 0 Å². The largest absolute Gasteiger partial charge is 0.205 e. The average Bonchev–Trinajstić information content (AvgIpc) is 3.04. The minimum atomic E-state index is -0.821. The predicted octanol–water partition coefficient (Wildman–Crippen LogP) is 6.81. The molecule has 0 saturated carbocycles. The van der Waals surface area contributed by atoms with E-state index < -0.39 is 17.2 Å². The Hall–Kier alpha value is -2.99. The summed E-state index contributed by atoms with van der Waals surface area (Å²) in [6.07, 6.45) is 5.62. The van der Waals surface area contributed by atoms with Gasteiger partial charge in [0.15, 0.2) is 0 Å². The Morgan fingerprint density at radius 3 is 2.21 bits per heavy atom. The SMILES string of the molecule is CCCCCc1ccc2c(c1)Cc1cc(-c3cc(F)c(C#N)c(F)c3)ccc1-2. The van der Waals surface area contributed by atoms with Crippen LogP contribution in [0.15, 0.2) is 48.5 Å². The minimum absolute atomic E-state index is 0.452. The van der Waals surface area contributed by atoms with Crippen LogP contribution in [0.3, 0.4) is 0 Å². The first-order chi connectivity index (χ1) is 13.6. The zero-order chi connectivity index (χ0) is 19.7. The van der Waals surface area contributed by atoms with Crippen LogP contribution in [0.25, 0.3) is 22.3 Å². The smallest absolute Gasteiger partial charge is 0.144 e. The molecule has 0 atom stereocenters. The summed E-state index contributed by atoms with van der Waals surface area (Å²) in [6.45, 7) is 2.21. The van der Waals surface area contributed by atoms with Gasteiger partial charge in [-0.15, -0.1) is 0 Å².